The van der Waals surface area contributed by atoms with Gasteiger partial charge in [-0.1, -0.05) is 0 Å². The van der Waals surface area contributed by atoms with Crippen LogP contribution in [0, 0.1) is 0 Å². The smallest absolute Gasteiger partial charge is 0.326 e. The van der Waals surface area contributed by atoms with Gasteiger partial charge in [0.1, 0.15) is 5.54 Å². The Morgan fingerprint density at radius 1 is 1.53 bits per heavy atom. The number of hydrogen-bond donors (Lipinski definition) is 1. The van der Waals surface area contributed by atoms with Gasteiger partial charge in [0.15, 0.2) is 0 Å². The molecule has 0 aromatic heterocycles. The minimum atomic E-state index is -0.931. The lowest BCUT2D eigenvalue weighted by atomic mass is 10.0. The fourth-order valence-electron chi connectivity index (χ4n) is 1.65. The number of carbonyl (C=O) groups is 1. The molecule has 0 amide bonds. The van der Waals surface area contributed by atoms with Gasteiger partial charge in [0.2, 0.25) is 0 Å². The first kappa shape index (κ1) is 12.4. The Hall–Kier alpha value is -0.650. The van der Waals surface area contributed by atoms with E-state index in [0.717, 1.165) is 0 Å². The van der Waals surface area contributed by atoms with Crippen LogP contribution in [0.4, 0.5) is 0 Å². The first-order valence-corrected chi connectivity index (χ1v) is 5.25. The number of carboxylic acids is 1. The van der Waals surface area contributed by atoms with Crippen molar-refractivity contribution < 1.29 is 19.4 Å². The Morgan fingerprint density at radius 3 is 2.60 bits per heavy atom. The van der Waals surface area contributed by atoms with Crippen LogP contribution in [-0.2, 0) is 14.3 Å². The standard InChI is InChI=1S/C10H19NO4/c1-3-14-8-10(2,9(12)13)11-4-6-15-7-5-11/h3-8H2,1-2H3,(H,12,13). The van der Waals surface area contributed by atoms with Crippen molar-refractivity contribution >= 4 is 5.97 Å². The van der Waals surface area contributed by atoms with E-state index in [-0.39, 0.29) is 6.61 Å². The number of nitrogens with zero attached hydrogens (tertiary/aromatic N) is 1. The molecule has 5 nitrogen and oxygen atoms in total. The van der Waals surface area contributed by atoms with Gasteiger partial charge >= 0.3 is 5.97 Å². The molecule has 0 aromatic carbocycles. The van der Waals surface area contributed by atoms with Gasteiger partial charge < -0.3 is 14.6 Å². The van der Waals surface area contributed by atoms with Crippen LogP contribution < -0.4 is 0 Å². The third kappa shape index (κ3) is 2.90. The van der Waals surface area contributed by atoms with Gasteiger partial charge in [0.25, 0.3) is 0 Å². The molecule has 1 rings (SSSR count). The summed E-state index contributed by atoms with van der Waals surface area (Å²) in [6.45, 7) is 6.81. The maximum absolute atomic E-state index is 11.3. The van der Waals surface area contributed by atoms with E-state index in [0.29, 0.717) is 32.9 Å². The largest absolute Gasteiger partial charge is 0.480 e. The van der Waals surface area contributed by atoms with Crippen LogP contribution in [-0.4, -0.2) is 61.0 Å². The Kier molecular flexibility index (Phi) is 4.50. The molecule has 0 bridgehead atoms. The van der Waals surface area contributed by atoms with Gasteiger partial charge in [-0.2, -0.15) is 0 Å². The summed E-state index contributed by atoms with van der Waals surface area (Å²) in [6, 6.07) is 0. The average Bonchev–Trinajstić information content (AvgIpc) is 2.27. The minimum absolute atomic E-state index is 0.221. The van der Waals surface area contributed by atoms with Gasteiger partial charge in [-0.25, -0.2) is 0 Å². The molecular weight excluding hydrogens is 198 g/mol. The molecule has 1 heterocycles. The van der Waals surface area contributed by atoms with Gasteiger partial charge in [0, 0.05) is 19.7 Å². The zero-order chi connectivity index (χ0) is 11.3. The van der Waals surface area contributed by atoms with E-state index in [1.165, 1.54) is 0 Å². The molecule has 0 saturated carbocycles. The van der Waals surface area contributed by atoms with E-state index >= 15 is 0 Å². The highest BCUT2D eigenvalue weighted by Crippen LogP contribution is 2.17. The number of rotatable bonds is 5. The van der Waals surface area contributed by atoms with Crippen LogP contribution in [0.2, 0.25) is 0 Å². The molecule has 0 aromatic rings. The predicted molar refractivity (Wildman–Crippen MR) is 54.9 cm³/mol. The van der Waals surface area contributed by atoms with Crippen LogP contribution in [0.25, 0.3) is 0 Å². The summed E-state index contributed by atoms with van der Waals surface area (Å²) in [7, 11) is 0. The molecule has 0 aliphatic carbocycles. The topological polar surface area (TPSA) is 59.0 Å². The Morgan fingerprint density at radius 2 is 2.13 bits per heavy atom. The summed E-state index contributed by atoms with van der Waals surface area (Å²) in [5.74, 6) is -0.835. The third-order valence-corrected chi connectivity index (χ3v) is 2.76. The number of ether oxygens (including phenoxy) is 2. The van der Waals surface area contributed by atoms with Crippen molar-refractivity contribution in [2.75, 3.05) is 39.5 Å². The average molecular weight is 217 g/mol. The van der Waals surface area contributed by atoms with Crippen LogP contribution in [0.1, 0.15) is 13.8 Å². The first-order chi connectivity index (χ1) is 7.11. The third-order valence-electron chi connectivity index (χ3n) is 2.76. The lowest BCUT2D eigenvalue weighted by Crippen LogP contribution is -2.59. The van der Waals surface area contributed by atoms with Crippen molar-refractivity contribution in [1.29, 1.82) is 0 Å². The highest BCUT2D eigenvalue weighted by atomic mass is 16.5. The lowest BCUT2D eigenvalue weighted by Gasteiger charge is -2.39. The number of carboxylic acid groups (broad SMARTS) is 1. The molecule has 88 valence electrons. The van der Waals surface area contributed by atoms with Crippen molar-refractivity contribution in [2.24, 2.45) is 0 Å². The molecule has 1 fully saturated rings. The monoisotopic (exact) mass is 217 g/mol. The summed E-state index contributed by atoms with van der Waals surface area (Å²) in [5.41, 5.74) is -0.931. The molecule has 15 heavy (non-hydrogen) atoms. The molecular formula is C10H19NO4. The maximum Gasteiger partial charge on any atom is 0.326 e. The highest BCUT2D eigenvalue weighted by Gasteiger charge is 2.40. The summed E-state index contributed by atoms with van der Waals surface area (Å²) in [5, 5.41) is 9.25. The summed E-state index contributed by atoms with van der Waals surface area (Å²) < 4.78 is 10.5. The zero-order valence-corrected chi connectivity index (χ0v) is 9.36. The summed E-state index contributed by atoms with van der Waals surface area (Å²) in [4.78, 5) is 13.2. The predicted octanol–water partition coefficient (Wildman–Crippen LogP) is 0.198. The molecule has 1 saturated heterocycles. The molecule has 1 N–H and O–H groups in total. The van der Waals surface area contributed by atoms with Crippen LogP contribution in [0.5, 0.6) is 0 Å². The van der Waals surface area contributed by atoms with E-state index in [1.807, 2.05) is 11.8 Å². The fraction of sp³-hybridized carbons (Fsp3) is 0.900. The lowest BCUT2D eigenvalue weighted by molar-refractivity contribution is -0.158. The van der Waals surface area contributed by atoms with E-state index in [1.54, 1.807) is 6.92 Å². The SMILES string of the molecule is CCOCC(C)(C(=O)O)N1CCOCC1. The van der Waals surface area contributed by atoms with Gasteiger partial charge in [0.05, 0.1) is 19.8 Å². The van der Waals surface area contributed by atoms with Crippen molar-refractivity contribution in [1.82, 2.24) is 4.90 Å². The van der Waals surface area contributed by atoms with Crippen LogP contribution >= 0.6 is 0 Å². The Bertz CT molecular complexity index is 215. The summed E-state index contributed by atoms with van der Waals surface area (Å²) >= 11 is 0. The molecule has 1 atom stereocenters. The van der Waals surface area contributed by atoms with Gasteiger partial charge in [-0.15, -0.1) is 0 Å². The van der Waals surface area contributed by atoms with Crippen molar-refractivity contribution in [3.05, 3.63) is 0 Å². The molecule has 1 aliphatic heterocycles. The molecule has 1 unspecified atom stereocenters. The van der Waals surface area contributed by atoms with Crippen LogP contribution in [0.3, 0.4) is 0 Å². The molecule has 5 heteroatoms. The van der Waals surface area contributed by atoms with Gasteiger partial charge in [-0.3, -0.25) is 9.69 Å². The number of aliphatic carboxylic acids is 1. The Labute approximate surface area is 90.0 Å². The normalized spacial score (nSPS) is 22.3. The van der Waals surface area contributed by atoms with Gasteiger partial charge in [-0.05, 0) is 13.8 Å². The van der Waals surface area contributed by atoms with Crippen molar-refractivity contribution in [2.45, 2.75) is 19.4 Å². The Balaban J connectivity index is 2.65. The maximum atomic E-state index is 11.3. The van der Waals surface area contributed by atoms with E-state index in [9.17, 15) is 9.90 Å². The quantitative estimate of drug-likeness (QED) is 0.712. The summed E-state index contributed by atoms with van der Waals surface area (Å²) in [6.07, 6.45) is 0. The van der Waals surface area contributed by atoms with E-state index in [2.05, 4.69) is 0 Å². The molecule has 0 spiro atoms. The molecule has 1 aliphatic rings. The van der Waals surface area contributed by atoms with Crippen LogP contribution in [0.15, 0.2) is 0 Å². The minimum Gasteiger partial charge on any atom is -0.480 e. The van der Waals surface area contributed by atoms with E-state index in [4.69, 9.17) is 9.47 Å². The van der Waals surface area contributed by atoms with Crippen molar-refractivity contribution in [3.63, 3.8) is 0 Å². The zero-order valence-electron chi connectivity index (χ0n) is 9.36. The second kappa shape index (κ2) is 5.44. The van der Waals surface area contributed by atoms with Crippen molar-refractivity contribution in [3.8, 4) is 0 Å². The van der Waals surface area contributed by atoms with E-state index < -0.39 is 11.5 Å². The molecule has 0 radical (unpaired) electrons. The second-order valence-corrected chi connectivity index (χ2v) is 3.82. The fourth-order valence-corrected chi connectivity index (χ4v) is 1.65. The number of morpholine rings is 1. The highest BCUT2D eigenvalue weighted by molar-refractivity contribution is 5.78. The number of hydrogen-bond acceptors (Lipinski definition) is 4. The first-order valence-electron chi connectivity index (χ1n) is 5.25. The second-order valence-electron chi connectivity index (χ2n) is 3.82.